The Morgan fingerprint density at radius 3 is 1.95 bits per heavy atom. The zero-order valence-corrected chi connectivity index (χ0v) is 12.9. The topological polar surface area (TPSA) is 37.0 Å². The second-order valence-corrected chi connectivity index (χ2v) is 4.97. The first-order valence-corrected chi connectivity index (χ1v) is 7.92. The first-order chi connectivity index (χ1) is 9.77. The SMILES string of the molecule is CCC=CCC=CCC=CCCCCCCCC([O])=O. The Labute approximate surface area is 124 Å². The van der Waals surface area contributed by atoms with Gasteiger partial charge < -0.3 is 0 Å². The van der Waals surface area contributed by atoms with E-state index < -0.39 is 5.97 Å². The number of carbonyl (C=O) groups is 1. The summed E-state index contributed by atoms with van der Waals surface area (Å²) in [6.45, 7) is 2.15. The van der Waals surface area contributed by atoms with Gasteiger partial charge in [0.2, 0.25) is 0 Å². The highest BCUT2D eigenvalue weighted by Gasteiger charge is 1.97. The van der Waals surface area contributed by atoms with E-state index in [1.807, 2.05) is 0 Å². The molecule has 0 aliphatic carbocycles. The van der Waals surface area contributed by atoms with Gasteiger partial charge in [-0.3, -0.25) is 0 Å². The molecular weight excluding hydrogens is 248 g/mol. The lowest BCUT2D eigenvalue weighted by Gasteiger charge is -1.97. The van der Waals surface area contributed by atoms with E-state index in [-0.39, 0.29) is 6.42 Å². The van der Waals surface area contributed by atoms with Crippen LogP contribution < -0.4 is 0 Å². The summed E-state index contributed by atoms with van der Waals surface area (Å²) in [7, 11) is 0. The minimum absolute atomic E-state index is 0.208. The van der Waals surface area contributed by atoms with Crippen LogP contribution in [-0.2, 0) is 9.90 Å². The van der Waals surface area contributed by atoms with Crippen molar-refractivity contribution in [3.05, 3.63) is 36.5 Å². The van der Waals surface area contributed by atoms with E-state index in [4.69, 9.17) is 0 Å². The summed E-state index contributed by atoms with van der Waals surface area (Å²) in [5.74, 6) is -0.925. The summed E-state index contributed by atoms with van der Waals surface area (Å²) in [6, 6.07) is 0. The van der Waals surface area contributed by atoms with Crippen LogP contribution in [0.5, 0.6) is 0 Å². The lowest BCUT2D eigenvalue weighted by atomic mass is 10.1. The third-order valence-electron chi connectivity index (χ3n) is 3.03. The number of hydrogen-bond acceptors (Lipinski definition) is 1. The van der Waals surface area contributed by atoms with Gasteiger partial charge in [0.1, 0.15) is 0 Å². The van der Waals surface area contributed by atoms with Crippen LogP contribution in [0.3, 0.4) is 0 Å². The molecule has 113 valence electrons. The van der Waals surface area contributed by atoms with E-state index in [9.17, 15) is 9.90 Å². The largest absolute Gasteiger partial charge is 0.355 e. The molecule has 20 heavy (non-hydrogen) atoms. The van der Waals surface area contributed by atoms with Gasteiger partial charge in [-0.1, -0.05) is 62.6 Å². The maximum Gasteiger partial charge on any atom is 0.355 e. The molecule has 0 aromatic heterocycles. The molecule has 0 saturated carbocycles. The Balaban J connectivity index is 3.23. The molecule has 2 heteroatoms. The van der Waals surface area contributed by atoms with Gasteiger partial charge in [0.25, 0.3) is 0 Å². The maximum atomic E-state index is 10.2. The molecule has 1 radical (unpaired) electrons. The zero-order valence-electron chi connectivity index (χ0n) is 12.9. The van der Waals surface area contributed by atoms with Gasteiger partial charge in [-0.2, -0.15) is 0 Å². The Hall–Kier alpha value is -1.31. The molecule has 0 rings (SSSR count). The third-order valence-corrected chi connectivity index (χ3v) is 3.03. The third kappa shape index (κ3) is 16.7. The highest BCUT2D eigenvalue weighted by Crippen LogP contribution is 2.07. The molecular formula is C18H29O2. The smallest absolute Gasteiger partial charge is 0.247 e. The summed E-state index contributed by atoms with van der Waals surface area (Å²) in [5, 5.41) is 10.2. The Morgan fingerprint density at radius 1 is 0.750 bits per heavy atom. The van der Waals surface area contributed by atoms with Crippen molar-refractivity contribution in [2.24, 2.45) is 0 Å². The minimum Gasteiger partial charge on any atom is -0.247 e. The van der Waals surface area contributed by atoms with Crippen molar-refractivity contribution < 1.29 is 9.90 Å². The maximum absolute atomic E-state index is 10.2. The fourth-order valence-corrected chi connectivity index (χ4v) is 1.89. The average molecular weight is 277 g/mol. The number of rotatable bonds is 13. The predicted molar refractivity (Wildman–Crippen MR) is 85.0 cm³/mol. The molecule has 0 spiro atoms. The lowest BCUT2D eigenvalue weighted by Crippen LogP contribution is -1.91. The number of carbonyl (C=O) groups excluding carboxylic acids is 1. The van der Waals surface area contributed by atoms with E-state index in [0.29, 0.717) is 0 Å². The Bertz CT molecular complexity index is 301. The monoisotopic (exact) mass is 277 g/mol. The van der Waals surface area contributed by atoms with Gasteiger partial charge in [0.15, 0.2) is 0 Å². The van der Waals surface area contributed by atoms with Gasteiger partial charge in [0.05, 0.1) is 6.42 Å². The van der Waals surface area contributed by atoms with Crippen molar-refractivity contribution in [3.63, 3.8) is 0 Å². The molecule has 0 saturated heterocycles. The van der Waals surface area contributed by atoms with Crippen molar-refractivity contribution in [1.29, 1.82) is 0 Å². The number of unbranched alkanes of at least 4 members (excludes halogenated alkanes) is 5. The molecule has 2 nitrogen and oxygen atoms in total. The van der Waals surface area contributed by atoms with Crippen molar-refractivity contribution in [2.75, 3.05) is 0 Å². The number of hydrogen-bond donors (Lipinski definition) is 0. The molecule has 0 unspecified atom stereocenters. The normalized spacial score (nSPS) is 12.1. The van der Waals surface area contributed by atoms with Gasteiger partial charge in [-0.05, 0) is 38.5 Å². The van der Waals surface area contributed by atoms with Crippen molar-refractivity contribution >= 4 is 5.97 Å². The fraction of sp³-hybridized carbons (Fsp3) is 0.611. The zero-order chi connectivity index (χ0) is 14.9. The predicted octanol–water partition coefficient (Wildman–Crippen LogP) is 5.53. The van der Waals surface area contributed by atoms with Crippen LogP contribution in [0.25, 0.3) is 0 Å². The highest BCUT2D eigenvalue weighted by molar-refractivity contribution is 5.66. The van der Waals surface area contributed by atoms with Crippen molar-refractivity contribution in [2.45, 2.75) is 71.1 Å². The fourth-order valence-electron chi connectivity index (χ4n) is 1.89. The van der Waals surface area contributed by atoms with Crippen LogP contribution >= 0.6 is 0 Å². The van der Waals surface area contributed by atoms with E-state index >= 15 is 0 Å². The van der Waals surface area contributed by atoms with E-state index in [2.05, 4.69) is 43.4 Å². The van der Waals surface area contributed by atoms with Gasteiger partial charge in [-0.15, -0.1) is 0 Å². The van der Waals surface area contributed by atoms with E-state index in [0.717, 1.165) is 44.9 Å². The second-order valence-electron chi connectivity index (χ2n) is 4.97. The first kappa shape index (κ1) is 18.7. The Kier molecular flexibility index (Phi) is 14.7. The molecule has 0 amide bonds. The van der Waals surface area contributed by atoms with Crippen molar-refractivity contribution in [1.82, 2.24) is 0 Å². The van der Waals surface area contributed by atoms with Gasteiger partial charge in [-0.25, -0.2) is 9.90 Å². The summed E-state index contributed by atoms with van der Waals surface area (Å²) in [5.41, 5.74) is 0. The molecule has 0 aliphatic rings. The lowest BCUT2D eigenvalue weighted by molar-refractivity contribution is -0.143. The molecule has 0 atom stereocenters. The van der Waals surface area contributed by atoms with E-state index in [1.54, 1.807) is 0 Å². The highest BCUT2D eigenvalue weighted by atomic mass is 16.4. The molecule has 0 heterocycles. The Morgan fingerprint density at radius 2 is 1.30 bits per heavy atom. The molecule has 0 aromatic rings. The summed E-state index contributed by atoms with van der Waals surface area (Å²) in [4.78, 5) is 10.2. The van der Waals surface area contributed by atoms with Crippen LogP contribution in [0.4, 0.5) is 0 Å². The second kappa shape index (κ2) is 15.7. The van der Waals surface area contributed by atoms with E-state index in [1.165, 1.54) is 12.8 Å². The van der Waals surface area contributed by atoms with Crippen molar-refractivity contribution in [3.8, 4) is 0 Å². The van der Waals surface area contributed by atoms with Crippen LogP contribution in [0, 0.1) is 0 Å². The van der Waals surface area contributed by atoms with Gasteiger partial charge >= 0.3 is 5.97 Å². The van der Waals surface area contributed by atoms with Crippen LogP contribution in [0.1, 0.15) is 71.1 Å². The van der Waals surface area contributed by atoms with Crippen LogP contribution in [0.2, 0.25) is 0 Å². The molecule has 0 aromatic carbocycles. The van der Waals surface area contributed by atoms with Crippen LogP contribution in [-0.4, -0.2) is 5.97 Å². The standard InChI is InChI=1S/C18H29O2/c1-2-3-4-5-6-7-8-9-10-11-12-13-14-15-16-17-18(19)20/h3-4,6-7,9-10H,2,5,8,11-17H2,1H3. The average Bonchev–Trinajstić information content (AvgIpc) is 2.43. The number of allylic oxidation sites excluding steroid dienone is 6. The summed E-state index contributed by atoms with van der Waals surface area (Å²) < 4.78 is 0. The summed E-state index contributed by atoms with van der Waals surface area (Å²) in [6.07, 6.45) is 23.0. The quantitative estimate of drug-likeness (QED) is 0.322. The van der Waals surface area contributed by atoms with Gasteiger partial charge in [0, 0.05) is 0 Å². The molecule has 0 fully saturated rings. The first-order valence-electron chi connectivity index (χ1n) is 7.92. The molecule has 0 bridgehead atoms. The summed E-state index contributed by atoms with van der Waals surface area (Å²) >= 11 is 0. The molecule has 0 N–H and O–H groups in total. The van der Waals surface area contributed by atoms with Crippen LogP contribution in [0.15, 0.2) is 36.5 Å². The molecule has 0 aliphatic heterocycles. The minimum atomic E-state index is -0.925.